The molecule has 0 radical (unpaired) electrons. The maximum absolute atomic E-state index is 12.3. The Morgan fingerprint density at radius 3 is 2.52 bits per heavy atom. The molecule has 0 fully saturated rings. The van der Waals surface area contributed by atoms with Crippen molar-refractivity contribution in [3.63, 3.8) is 0 Å². The lowest BCUT2D eigenvalue weighted by atomic mass is 10.1. The number of benzene rings is 2. The van der Waals surface area contributed by atoms with Crippen molar-refractivity contribution in [2.75, 3.05) is 6.61 Å². The van der Waals surface area contributed by atoms with Gasteiger partial charge in [0, 0.05) is 17.2 Å². The third kappa shape index (κ3) is 5.91. The van der Waals surface area contributed by atoms with Crippen LogP contribution in [0.5, 0.6) is 5.75 Å². The van der Waals surface area contributed by atoms with Gasteiger partial charge in [0.15, 0.2) is 0 Å². The van der Waals surface area contributed by atoms with Gasteiger partial charge in [0.1, 0.15) is 5.75 Å². The van der Waals surface area contributed by atoms with Gasteiger partial charge in [-0.1, -0.05) is 37.3 Å². The van der Waals surface area contributed by atoms with E-state index >= 15 is 0 Å². The molecule has 4 heteroatoms. The fraction of sp³-hybridized carbons (Fsp3) is 0.381. The zero-order chi connectivity index (χ0) is 18.1. The molecule has 2 aromatic carbocycles. The predicted octanol–water partition coefficient (Wildman–Crippen LogP) is 4.33. The molecule has 4 nitrogen and oxygen atoms in total. The number of carbonyl (C=O) groups is 1. The summed E-state index contributed by atoms with van der Waals surface area (Å²) in [5.74, 6) is 0.692. The molecule has 0 heterocycles. The molecule has 0 spiro atoms. The molecule has 25 heavy (non-hydrogen) atoms. The lowest BCUT2D eigenvalue weighted by molar-refractivity contribution is 0.0937. The molecule has 0 bridgehead atoms. The Hall–Kier alpha value is -2.33. The van der Waals surface area contributed by atoms with E-state index in [2.05, 4.69) is 5.32 Å². The third-order valence-corrected chi connectivity index (χ3v) is 3.98. The highest BCUT2D eigenvalue weighted by Crippen LogP contribution is 2.22. The van der Waals surface area contributed by atoms with Crippen LogP contribution >= 0.6 is 0 Å². The molecule has 1 N–H and O–H groups in total. The van der Waals surface area contributed by atoms with Crippen molar-refractivity contribution in [1.82, 2.24) is 5.32 Å². The van der Waals surface area contributed by atoms with Gasteiger partial charge >= 0.3 is 0 Å². The van der Waals surface area contributed by atoms with Crippen LogP contribution in [-0.4, -0.2) is 18.6 Å². The Kier molecular flexibility index (Phi) is 7.48. The molecule has 0 aliphatic heterocycles. The molecule has 1 unspecified atom stereocenters. The lowest BCUT2D eigenvalue weighted by Gasteiger charge is -2.15. The van der Waals surface area contributed by atoms with Gasteiger partial charge in [0.25, 0.3) is 5.91 Å². The fourth-order valence-corrected chi connectivity index (χ4v) is 2.39. The first kappa shape index (κ1) is 19.0. The molecule has 0 saturated heterocycles. The first-order valence-electron chi connectivity index (χ1n) is 8.82. The standard InChI is InChI=1S/C21H27NO3/c1-4-16(3)22-21(23)18-11-12-20(25-5-2)19(13-18)15-24-14-17-9-7-6-8-10-17/h6-13,16H,4-5,14-15H2,1-3H3,(H,22,23). The summed E-state index contributed by atoms with van der Waals surface area (Å²) < 4.78 is 11.5. The Balaban J connectivity index is 2.07. The van der Waals surface area contributed by atoms with E-state index in [1.165, 1.54) is 0 Å². The van der Waals surface area contributed by atoms with Crippen molar-refractivity contribution in [2.24, 2.45) is 0 Å². The zero-order valence-electron chi connectivity index (χ0n) is 15.2. The normalized spacial score (nSPS) is 11.8. The van der Waals surface area contributed by atoms with E-state index in [0.717, 1.165) is 23.3 Å². The third-order valence-electron chi connectivity index (χ3n) is 3.98. The molecule has 0 aromatic heterocycles. The van der Waals surface area contributed by atoms with Crippen molar-refractivity contribution in [3.8, 4) is 5.75 Å². The van der Waals surface area contributed by atoms with Gasteiger partial charge in [-0.2, -0.15) is 0 Å². The molecular weight excluding hydrogens is 314 g/mol. The average molecular weight is 341 g/mol. The van der Waals surface area contributed by atoms with E-state index in [9.17, 15) is 4.79 Å². The van der Waals surface area contributed by atoms with Crippen LogP contribution in [0.25, 0.3) is 0 Å². The van der Waals surface area contributed by atoms with Crippen molar-refractivity contribution in [2.45, 2.75) is 46.4 Å². The summed E-state index contributed by atoms with van der Waals surface area (Å²) in [5.41, 5.74) is 2.63. The van der Waals surface area contributed by atoms with Gasteiger partial charge in [-0.3, -0.25) is 4.79 Å². The Morgan fingerprint density at radius 2 is 1.84 bits per heavy atom. The summed E-state index contributed by atoms with van der Waals surface area (Å²) in [6.07, 6.45) is 0.899. The van der Waals surface area contributed by atoms with Crippen LogP contribution in [0.4, 0.5) is 0 Å². The number of amides is 1. The topological polar surface area (TPSA) is 47.6 Å². The highest BCUT2D eigenvalue weighted by molar-refractivity contribution is 5.94. The fourth-order valence-electron chi connectivity index (χ4n) is 2.39. The molecule has 2 aromatic rings. The highest BCUT2D eigenvalue weighted by atomic mass is 16.5. The van der Waals surface area contributed by atoms with Gasteiger partial charge in [-0.05, 0) is 44.0 Å². The van der Waals surface area contributed by atoms with E-state index in [1.807, 2.05) is 63.2 Å². The van der Waals surface area contributed by atoms with E-state index in [1.54, 1.807) is 6.07 Å². The van der Waals surface area contributed by atoms with Crippen LogP contribution in [0.15, 0.2) is 48.5 Å². The smallest absolute Gasteiger partial charge is 0.251 e. The van der Waals surface area contributed by atoms with Gasteiger partial charge in [0.05, 0.1) is 19.8 Å². The Bertz CT molecular complexity index is 670. The number of carbonyl (C=O) groups excluding carboxylic acids is 1. The summed E-state index contributed by atoms with van der Waals surface area (Å²) in [6.45, 7) is 7.48. The summed E-state index contributed by atoms with van der Waals surface area (Å²) in [6, 6.07) is 15.7. The number of rotatable bonds is 9. The van der Waals surface area contributed by atoms with E-state index in [4.69, 9.17) is 9.47 Å². The molecule has 1 atom stereocenters. The molecule has 1 amide bonds. The van der Waals surface area contributed by atoms with Crippen LogP contribution in [-0.2, 0) is 18.0 Å². The minimum atomic E-state index is -0.0679. The maximum Gasteiger partial charge on any atom is 0.251 e. The lowest BCUT2D eigenvalue weighted by Crippen LogP contribution is -2.31. The van der Waals surface area contributed by atoms with Gasteiger partial charge < -0.3 is 14.8 Å². The first-order valence-corrected chi connectivity index (χ1v) is 8.82. The zero-order valence-corrected chi connectivity index (χ0v) is 15.2. The second-order valence-corrected chi connectivity index (χ2v) is 6.02. The summed E-state index contributed by atoms with van der Waals surface area (Å²) in [4.78, 5) is 12.3. The van der Waals surface area contributed by atoms with Crippen LogP contribution in [0.1, 0.15) is 48.7 Å². The number of ether oxygens (including phenoxy) is 2. The molecular formula is C21H27NO3. The number of nitrogens with one attached hydrogen (secondary N) is 1. The minimum absolute atomic E-state index is 0.0679. The van der Waals surface area contributed by atoms with Gasteiger partial charge in [-0.25, -0.2) is 0 Å². The van der Waals surface area contributed by atoms with Crippen LogP contribution < -0.4 is 10.1 Å². The molecule has 0 aliphatic carbocycles. The van der Waals surface area contributed by atoms with Crippen LogP contribution in [0.3, 0.4) is 0 Å². The SMILES string of the molecule is CCOc1ccc(C(=O)NC(C)CC)cc1COCc1ccccc1. The monoisotopic (exact) mass is 341 g/mol. The van der Waals surface area contributed by atoms with E-state index in [-0.39, 0.29) is 11.9 Å². The Labute approximate surface area is 150 Å². The van der Waals surface area contributed by atoms with Crippen LogP contribution in [0, 0.1) is 0 Å². The first-order chi connectivity index (χ1) is 12.1. The molecule has 0 saturated carbocycles. The average Bonchev–Trinajstić information content (AvgIpc) is 2.63. The summed E-state index contributed by atoms with van der Waals surface area (Å²) in [7, 11) is 0. The second kappa shape index (κ2) is 9.84. The van der Waals surface area contributed by atoms with Crippen molar-refractivity contribution in [1.29, 1.82) is 0 Å². The van der Waals surface area contributed by atoms with Crippen LogP contribution in [0.2, 0.25) is 0 Å². The molecule has 134 valence electrons. The van der Waals surface area contributed by atoms with Crippen molar-refractivity contribution >= 4 is 5.91 Å². The van der Waals surface area contributed by atoms with E-state index < -0.39 is 0 Å². The largest absolute Gasteiger partial charge is 0.494 e. The minimum Gasteiger partial charge on any atom is -0.494 e. The second-order valence-electron chi connectivity index (χ2n) is 6.02. The quantitative estimate of drug-likeness (QED) is 0.738. The summed E-state index contributed by atoms with van der Waals surface area (Å²) in [5, 5.41) is 2.99. The highest BCUT2D eigenvalue weighted by Gasteiger charge is 2.12. The molecule has 2 rings (SSSR count). The van der Waals surface area contributed by atoms with E-state index in [0.29, 0.717) is 25.4 Å². The van der Waals surface area contributed by atoms with Gasteiger partial charge in [0.2, 0.25) is 0 Å². The predicted molar refractivity (Wildman–Crippen MR) is 99.8 cm³/mol. The Morgan fingerprint density at radius 1 is 1.08 bits per heavy atom. The van der Waals surface area contributed by atoms with Crippen molar-refractivity contribution < 1.29 is 14.3 Å². The molecule has 0 aliphatic rings. The number of hydrogen-bond donors (Lipinski definition) is 1. The maximum atomic E-state index is 12.3. The van der Waals surface area contributed by atoms with Gasteiger partial charge in [-0.15, -0.1) is 0 Å². The summed E-state index contributed by atoms with van der Waals surface area (Å²) >= 11 is 0. The van der Waals surface area contributed by atoms with Crippen molar-refractivity contribution in [3.05, 3.63) is 65.2 Å². The number of hydrogen-bond acceptors (Lipinski definition) is 3.